The number of aryl methyl sites for hydroxylation is 1. The molecule has 1 N–H and O–H groups in total. The lowest BCUT2D eigenvalue weighted by Crippen LogP contribution is -2.26. The molecule has 6 nitrogen and oxygen atoms in total. The standard InChI is InChI=1S/C21H25N5O/c1-16-4-2-3-5-19(16)18-8-12-26(15-18)13-11-23-21-25-24-20(27-21)14-17-6-9-22-10-7-17/h2-7,9-10,18H,8,11-15H2,1H3,(H,23,25). The molecule has 6 heteroatoms. The maximum atomic E-state index is 5.69. The van der Waals surface area contributed by atoms with Gasteiger partial charge < -0.3 is 14.6 Å². The number of hydrogen-bond donors (Lipinski definition) is 1. The van der Waals surface area contributed by atoms with Gasteiger partial charge in [-0.25, -0.2) is 0 Å². The van der Waals surface area contributed by atoms with Crippen molar-refractivity contribution >= 4 is 6.01 Å². The van der Waals surface area contributed by atoms with Crippen LogP contribution in [0.15, 0.2) is 53.2 Å². The smallest absolute Gasteiger partial charge is 0.315 e. The highest BCUT2D eigenvalue weighted by atomic mass is 16.4. The first-order valence-electron chi connectivity index (χ1n) is 9.51. The number of likely N-dealkylation sites (tertiary alicyclic amines) is 1. The molecule has 0 aliphatic carbocycles. The molecular weight excluding hydrogens is 338 g/mol. The molecule has 1 unspecified atom stereocenters. The summed E-state index contributed by atoms with van der Waals surface area (Å²) in [6.07, 6.45) is 5.39. The van der Waals surface area contributed by atoms with Gasteiger partial charge in [-0.3, -0.25) is 4.98 Å². The highest BCUT2D eigenvalue weighted by molar-refractivity contribution is 5.30. The summed E-state index contributed by atoms with van der Waals surface area (Å²) in [7, 11) is 0. The summed E-state index contributed by atoms with van der Waals surface area (Å²) in [5, 5.41) is 11.4. The Morgan fingerprint density at radius 1 is 1.15 bits per heavy atom. The molecule has 1 fully saturated rings. The zero-order chi connectivity index (χ0) is 18.5. The van der Waals surface area contributed by atoms with Gasteiger partial charge in [0, 0.05) is 32.0 Å². The molecule has 0 radical (unpaired) electrons. The lowest BCUT2D eigenvalue weighted by molar-refractivity contribution is 0.346. The molecule has 2 aromatic heterocycles. The van der Waals surface area contributed by atoms with Crippen molar-refractivity contribution in [2.45, 2.75) is 25.7 Å². The molecule has 1 aliphatic heterocycles. The Labute approximate surface area is 159 Å². The van der Waals surface area contributed by atoms with Crippen LogP contribution in [0.3, 0.4) is 0 Å². The lowest BCUT2D eigenvalue weighted by atomic mass is 9.94. The van der Waals surface area contributed by atoms with Gasteiger partial charge in [0.15, 0.2) is 0 Å². The Hall–Kier alpha value is -2.73. The van der Waals surface area contributed by atoms with Crippen LogP contribution >= 0.6 is 0 Å². The van der Waals surface area contributed by atoms with Crippen molar-refractivity contribution in [2.24, 2.45) is 0 Å². The van der Waals surface area contributed by atoms with E-state index in [9.17, 15) is 0 Å². The fraction of sp³-hybridized carbons (Fsp3) is 0.381. The van der Waals surface area contributed by atoms with E-state index in [0.29, 0.717) is 24.2 Å². The van der Waals surface area contributed by atoms with Gasteiger partial charge >= 0.3 is 6.01 Å². The van der Waals surface area contributed by atoms with Crippen molar-refractivity contribution in [3.8, 4) is 0 Å². The molecule has 1 aliphatic rings. The maximum absolute atomic E-state index is 5.69. The van der Waals surface area contributed by atoms with Gasteiger partial charge in [-0.05, 0) is 54.6 Å². The van der Waals surface area contributed by atoms with Gasteiger partial charge in [0.1, 0.15) is 0 Å². The quantitative estimate of drug-likeness (QED) is 0.695. The van der Waals surface area contributed by atoms with E-state index >= 15 is 0 Å². The van der Waals surface area contributed by atoms with Crippen LogP contribution in [0.4, 0.5) is 6.01 Å². The van der Waals surface area contributed by atoms with E-state index in [1.54, 1.807) is 12.4 Å². The molecule has 1 atom stereocenters. The predicted molar refractivity (Wildman–Crippen MR) is 105 cm³/mol. The molecule has 4 rings (SSSR count). The van der Waals surface area contributed by atoms with Crippen molar-refractivity contribution in [1.82, 2.24) is 20.1 Å². The summed E-state index contributed by atoms with van der Waals surface area (Å²) in [4.78, 5) is 6.51. The molecule has 0 amide bonds. The van der Waals surface area contributed by atoms with Gasteiger partial charge in [-0.2, -0.15) is 0 Å². The summed E-state index contributed by atoms with van der Waals surface area (Å²) in [6.45, 7) is 6.24. The van der Waals surface area contributed by atoms with Crippen LogP contribution in [0.25, 0.3) is 0 Å². The van der Waals surface area contributed by atoms with Crippen LogP contribution in [0.1, 0.15) is 34.9 Å². The van der Waals surface area contributed by atoms with Crippen LogP contribution in [0.2, 0.25) is 0 Å². The van der Waals surface area contributed by atoms with E-state index in [1.807, 2.05) is 12.1 Å². The largest absolute Gasteiger partial charge is 0.408 e. The zero-order valence-corrected chi connectivity index (χ0v) is 15.6. The summed E-state index contributed by atoms with van der Waals surface area (Å²) >= 11 is 0. The van der Waals surface area contributed by atoms with Gasteiger partial charge in [0.25, 0.3) is 0 Å². The summed E-state index contributed by atoms with van der Waals surface area (Å²) in [5.41, 5.74) is 4.00. The number of anilines is 1. The number of nitrogens with zero attached hydrogens (tertiary/aromatic N) is 4. The third-order valence-electron chi connectivity index (χ3n) is 5.18. The zero-order valence-electron chi connectivity index (χ0n) is 15.6. The van der Waals surface area contributed by atoms with Crippen LogP contribution < -0.4 is 5.32 Å². The molecular formula is C21H25N5O. The molecule has 0 saturated carbocycles. The van der Waals surface area contributed by atoms with E-state index in [1.165, 1.54) is 17.5 Å². The average molecular weight is 363 g/mol. The van der Waals surface area contributed by atoms with Gasteiger partial charge in [0.2, 0.25) is 5.89 Å². The van der Waals surface area contributed by atoms with Crippen LogP contribution in [-0.4, -0.2) is 46.3 Å². The number of pyridine rings is 1. The molecule has 140 valence electrons. The summed E-state index contributed by atoms with van der Waals surface area (Å²) in [5.74, 6) is 1.26. The third-order valence-corrected chi connectivity index (χ3v) is 5.18. The first-order chi connectivity index (χ1) is 13.3. The number of hydrogen-bond acceptors (Lipinski definition) is 6. The minimum atomic E-state index is 0.494. The van der Waals surface area contributed by atoms with Crippen molar-refractivity contribution in [1.29, 1.82) is 0 Å². The summed E-state index contributed by atoms with van der Waals surface area (Å²) < 4.78 is 5.69. The topological polar surface area (TPSA) is 67.1 Å². The van der Waals surface area contributed by atoms with Crippen molar-refractivity contribution in [3.63, 3.8) is 0 Å². The van der Waals surface area contributed by atoms with Crippen LogP contribution in [-0.2, 0) is 6.42 Å². The van der Waals surface area contributed by atoms with Crippen LogP contribution in [0, 0.1) is 6.92 Å². The molecule has 0 spiro atoms. The van der Waals surface area contributed by atoms with E-state index < -0.39 is 0 Å². The van der Waals surface area contributed by atoms with Gasteiger partial charge in [-0.1, -0.05) is 29.4 Å². The molecule has 1 saturated heterocycles. The lowest BCUT2D eigenvalue weighted by Gasteiger charge is -2.17. The predicted octanol–water partition coefficient (Wildman–Crippen LogP) is 3.27. The van der Waals surface area contributed by atoms with Crippen molar-refractivity contribution in [2.75, 3.05) is 31.5 Å². The van der Waals surface area contributed by atoms with Gasteiger partial charge in [-0.15, -0.1) is 5.10 Å². The normalized spacial score (nSPS) is 17.3. The number of rotatable bonds is 7. The highest BCUT2D eigenvalue weighted by Crippen LogP contribution is 2.29. The van der Waals surface area contributed by atoms with E-state index in [4.69, 9.17) is 4.42 Å². The number of aromatic nitrogens is 3. The Balaban J connectivity index is 1.23. The molecule has 27 heavy (non-hydrogen) atoms. The SMILES string of the molecule is Cc1ccccc1C1CCN(CCNc2nnc(Cc3ccncc3)o2)C1. The molecule has 0 bridgehead atoms. The van der Waals surface area contributed by atoms with E-state index in [0.717, 1.165) is 31.7 Å². The summed E-state index contributed by atoms with van der Waals surface area (Å²) in [6, 6.07) is 13.1. The second-order valence-corrected chi connectivity index (χ2v) is 7.10. The molecule has 1 aromatic carbocycles. The monoisotopic (exact) mass is 363 g/mol. The second-order valence-electron chi connectivity index (χ2n) is 7.10. The first kappa shape index (κ1) is 17.7. The van der Waals surface area contributed by atoms with Crippen molar-refractivity contribution in [3.05, 3.63) is 71.4 Å². The first-order valence-corrected chi connectivity index (χ1v) is 9.51. The fourth-order valence-electron chi connectivity index (χ4n) is 3.73. The Kier molecular flexibility index (Phi) is 5.44. The Bertz CT molecular complexity index is 864. The Morgan fingerprint density at radius 2 is 2.00 bits per heavy atom. The minimum absolute atomic E-state index is 0.494. The number of nitrogens with one attached hydrogen (secondary N) is 1. The average Bonchev–Trinajstić information content (AvgIpc) is 3.33. The minimum Gasteiger partial charge on any atom is -0.408 e. The molecule has 3 heterocycles. The van der Waals surface area contributed by atoms with E-state index in [-0.39, 0.29) is 0 Å². The third kappa shape index (κ3) is 4.52. The molecule has 3 aromatic rings. The second kappa shape index (κ2) is 8.31. The van der Waals surface area contributed by atoms with Crippen LogP contribution in [0.5, 0.6) is 0 Å². The highest BCUT2D eigenvalue weighted by Gasteiger charge is 2.24. The fourth-order valence-corrected chi connectivity index (χ4v) is 3.73. The number of benzene rings is 1. The maximum Gasteiger partial charge on any atom is 0.315 e. The van der Waals surface area contributed by atoms with Gasteiger partial charge in [0.05, 0.1) is 6.42 Å². The Morgan fingerprint density at radius 3 is 2.85 bits per heavy atom. The van der Waals surface area contributed by atoms with E-state index in [2.05, 4.69) is 56.6 Å². The van der Waals surface area contributed by atoms with Crippen molar-refractivity contribution < 1.29 is 4.42 Å².